The van der Waals surface area contributed by atoms with Gasteiger partial charge >= 0.3 is 0 Å². The summed E-state index contributed by atoms with van der Waals surface area (Å²) in [6, 6.07) is 10.0. The highest BCUT2D eigenvalue weighted by molar-refractivity contribution is 5.78. The van der Waals surface area contributed by atoms with Crippen molar-refractivity contribution in [1.29, 1.82) is 0 Å². The Kier molecular flexibility index (Phi) is 3.88. The molecule has 2 unspecified atom stereocenters. The monoisotopic (exact) mass is 258 g/mol. The zero-order valence-corrected chi connectivity index (χ0v) is 12.1. The minimum atomic E-state index is -0.551. The van der Waals surface area contributed by atoms with Crippen LogP contribution in [0.3, 0.4) is 0 Å². The Labute approximate surface area is 114 Å². The lowest BCUT2D eigenvalue weighted by atomic mass is 9.86. The fraction of sp³-hybridized carbons (Fsp3) is 0.438. The molecule has 1 aromatic heterocycles. The van der Waals surface area contributed by atoms with Gasteiger partial charge in [0.15, 0.2) is 0 Å². The molecule has 3 heteroatoms. The van der Waals surface area contributed by atoms with Gasteiger partial charge in [-0.2, -0.15) is 0 Å². The largest absolute Gasteiger partial charge is 0.386 e. The van der Waals surface area contributed by atoms with Gasteiger partial charge in [0.05, 0.1) is 11.6 Å². The number of para-hydroxylation sites is 1. The fourth-order valence-corrected chi connectivity index (χ4v) is 2.35. The smallest absolute Gasteiger partial charge is 0.0985 e. The minimum absolute atomic E-state index is 0.288. The van der Waals surface area contributed by atoms with E-state index in [1.54, 1.807) is 6.20 Å². The molecule has 0 spiro atoms. The predicted molar refractivity (Wildman–Crippen MR) is 79.1 cm³/mol. The van der Waals surface area contributed by atoms with Crippen LogP contribution in [0.15, 0.2) is 36.5 Å². The number of benzene rings is 1. The van der Waals surface area contributed by atoms with Crippen LogP contribution in [0, 0.1) is 0 Å². The summed E-state index contributed by atoms with van der Waals surface area (Å²) in [6.07, 6.45) is 2.10. The summed E-state index contributed by atoms with van der Waals surface area (Å²) in [6.45, 7) is 4.17. The van der Waals surface area contributed by atoms with Gasteiger partial charge in [0.25, 0.3) is 0 Å². The molecule has 2 atom stereocenters. The van der Waals surface area contributed by atoms with Crippen molar-refractivity contribution < 1.29 is 5.11 Å². The van der Waals surface area contributed by atoms with Gasteiger partial charge < -0.3 is 10.0 Å². The van der Waals surface area contributed by atoms with Crippen molar-refractivity contribution in [2.45, 2.75) is 31.9 Å². The van der Waals surface area contributed by atoms with E-state index >= 15 is 0 Å². The number of aromatic nitrogens is 1. The van der Waals surface area contributed by atoms with Crippen LogP contribution in [0.1, 0.15) is 31.9 Å². The molecule has 0 fully saturated rings. The van der Waals surface area contributed by atoms with E-state index in [0.29, 0.717) is 0 Å². The Morgan fingerprint density at radius 1 is 1.32 bits per heavy atom. The number of fused-ring (bicyclic) bond motifs is 1. The molecule has 0 saturated heterocycles. The van der Waals surface area contributed by atoms with Crippen LogP contribution in [0.4, 0.5) is 0 Å². The van der Waals surface area contributed by atoms with E-state index in [9.17, 15) is 5.11 Å². The van der Waals surface area contributed by atoms with E-state index in [1.807, 2.05) is 44.4 Å². The summed E-state index contributed by atoms with van der Waals surface area (Å²) in [5.74, 6) is 0. The number of likely N-dealkylation sites (N-methyl/N-ethyl adjacent to an activating group) is 1. The number of hydrogen-bond acceptors (Lipinski definition) is 3. The number of pyridine rings is 1. The lowest BCUT2D eigenvalue weighted by Crippen LogP contribution is -2.46. The molecule has 0 saturated carbocycles. The highest BCUT2D eigenvalue weighted by Gasteiger charge is 2.34. The molecule has 0 bridgehead atoms. The van der Waals surface area contributed by atoms with Gasteiger partial charge in [-0.1, -0.05) is 25.1 Å². The Morgan fingerprint density at radius 3 is 2.63 bits per heavy atom. The van der Waals surface area contributed by atoms with Crippen LogP contribution in [0.25, 0.3) is 10.9 Å². The van der Waals surface area contributed by atoms with E-state index in [4.69, 9.17) is 0 Å². The second kappa shape index (κ2) is 5.27. The molecule has 2 aromatic rings. The Hall–Kier alpha value is -1.45. The maximum absolute atomic E-state index is 10.7. The molecule has 0 amide bonds. The first-order valence-corrected chi connectivity index (χ1v) is 6.69. The number of hydrogen-bond donors (Lipinski definition) is 1. The summed E-state index contributed by atoms with van der Waals surface area (Å²) >= 11 is 0. The molecule has 0 aliphatic carbocycles. The third-order valence-electron chi connectivity index (χ3n) is 4.25. The predicted octanol–water partition coefficient (Wildman–Crippen LogP) is 3.00. The van der Waals surface area contributed by atoms with Crippen molar-refractivity contribution >= 4 is 10.9 Å². The van der Waals surface area contributed by atoms with Gasteiger partial charge in [-0.25, -0.2) is 0 Å². The molecule has 0 aliphatic heterocycles. The van der Waals surface area contributed by atoms with Crippen LogP contribution >= 0.6 is 0 Å². The van der Waals surface area contributed by atoms with Crippen LogP contribution in [-0.2, 0) is 0 Å². The van der Waals surface area contributed by atoms with Crippen LogP contribution < -0.4 is 0 Å². The highest BCUT2D eigenvalue weighted by Crippen LogP contribution is 2.33. The first kappa shape index (κ1) is 14.0. The SMILES string of the molecule is CCC(C)(C(O)c1cnc2ccccc2c1)N(C)C. The average molecular weight is 258 g/mol. The molecule has 0 aliphatic rings. The maximum atomic E-state index is 10.7. The van der Waals surface area contributed by atoms with Crippen LogP contribution in [0.2, 0.25) is 0 Å². The average Bonchev–Trinajstić information content (AvgIpc) is 2.44. The summed E-state index contributed by atoms with van der Waals surface area (Å²) in [5.41, 5.74) is 1.54. The molecule has 0 radical (unpaired) electrons. The Morgan fingerprint density at radius 2 is 2.00 bits per heavy atom. The fourth-order valence-electron chi connectivity index (χ4n) is 2.35. The zero-order valence-electron chi connectivity index (χ0n) is 12.1. The molecule has 102 valence electrons. The van der Waals surface area contributed by atoms with E-state index in [1.165, 1.54) is 0 Å². The molecular weight excluding hydrogens is 236 g/mol. The molecule has 1 N–H and O–H groups in total. The quantitative estimate of drug-likeness (QED) is 0.916. The second-order valence-electron chi connectivity index (χ2n) is 5.47. The van der Waals surface area contributed by atoms with Crippen LogP contribution in [0.5, 0.6) is 0 Å². The molecule has 2 rings (SSSR count). The lowest BCUT2D eigenvalue weighted by molar-refractivity contribution is 0.000766. The summed E-state index contributed by atoms with van der Waals surface area (Å²) < 4.78 is 0. The van der Waals surface area contributed by atoms with Crippen molar-refractivity contribution in [2.75, 3.05) is 14.1 Å². The molecule has 1 aromatic carbocycles. The summed E-state index contributed by atoms with van der Waals surface area (Å²) in [7, 11) is 4.00. The summed E-state index contributed by atoms with van der Waals surface area (Å²) in [5, 5.41) is 11.8. The highest BCUT2D eigenvalue weighted by atomic mass is 16.3. The van der Waals surface area contributed by atoms with Gasteiger partial charge in [0, 0.05) is 22.7 Å². The number of nitrogens with zero attached hydrogens (tertiary/aromatic N) is 2. The lowest BCUT2D eigenvalue weighted by Gasteiger charge is -2.40. The normalized spacial score (nSPS) is 16.5. The van der Waals surface area contributed by atoms with Gasteiger partial charge in [0.2, 0.25) is 0 Å². The van der Waals surface area contributed by atoms with E-state index < -0.39 is 6.10 Å². The van der Waals surface area contributed by atoms with Gasteiger partial charge in [-0.15, -0.1) is 0 Å². The number of aliphatic hydroxyl groups is 1. The summed E-state index contributed by atoms with van der Waals surface area (Å²) in [4.78, 5) is 6.51. The molecule has 3 nitrogen and oxygen atoms in total. The van der Waals surface area contributed by atoms with Crippen molar-refractivity contribution in [1.82, 2.24) is 9.88 Å². The van der Waals surface area contributed by atoms with Crippen molar-refractivity contribution in [3.05, 3.63) is 42.1 Å². The first-order valence-electron chi connectivity index (χ1n) is 6.69. The van der Waals surface area contributed by atoms with Crippen molar-refractivity contribution in [3.8, 4) is 0 Å². The first-order chi connectivity index (χ1) is 8.99. The van der Waals surface area contributed by atoms with E-state index in [0.717, 1.165) is 22.9 Å². The maximum Gasteiger partial charge on any atom is 0.0985 e. The molecule has 1 heterocycles. The van der Waals surface area contributed by atoms with Crippen molar-refractivity contribution in [3.63, 3.8) is 0 Å². The van der Waals surface area contributed by atoms with Crippen molar-refractivity contribution in [2.24, 2.45) is 0 Å². The van der Waals surface area contributed by atoms with Gasteiger partial charge in [-0.05, 0) is 39.6 Å². The van der Waals surface area contributed by atoms with E-state index in [2.05, 4.69) is 23.7 Å². The molecular formula is C16H22N2O. The Balaban J connectivity index is 2.43. The van der Waals surface area contributed by atoms with E-state index in [-0.39, 0.29) is 5.54 Å². The van der Waals surface area contributed by atoms with Crippen LogP contribution in [-0.4, -0.2) is 34.6 Å². The second-order valence-corrected chi connectivity index (χ2v) is 5.47. The van der Waals surface area contributed by atoms with Gasteiger partial charge in [0.1, 0.15) is 0 Å². The third kappa shape index (κ3) is 2.48. The zero-order chi connectivity index (χ0) is 14.0. The number of rotatable bonds is 4. The topological polar surface area (TPSA) is 36.4 Å². The third-order valence-corrected chi connectivity index (χ3v) is 4.25. The molecule has 19 heavy (non-hydrogen) atoms. The Bertz CT molecular complexity index is 567. The number of aliphatic hydroxyl groups excluding tert-OH is 1. The standard InChI is InChI=1S/C16H22N2O/c1-5-16(2,18(3)4)15(19)13-10-12-8-6-7-9-14(12)17-11-13/h6-11,15,19H,5H2,1-4H3. The van der Waals surface area contributed by atoms with Gasteiger partial charge in [-0.3, -0.25) is 4.98 Å². The minimum Gasteiger partial charge on any atom is -0.386 e.